The van der Waals surface area contributed by atoms with Crippen molar-refractivity contribution >= 4 is 11.8 Å². The number of hydrogen-bond acceptors (Lipinski definition) is 4. The van der Waals surface area contributed by atoms with Crippen LogP contribution >= 0.6 is 0 Å². The van der Waals surface area contributed by atoms with Crippen LogP contribution in [0.4, 0.5) is 0 Å². The summed E-state index contributed by atoms with van der Waals surface area (Å²) in [6, 6.07) is 5.70. The Labute approximate surface area is 185 Å². The first-order valence-electron chi connectivity index (χ1n) is 11.8. The minimum absolute atomic E-state index is 0.0257. The Hall–Kier alpha value is -2.24. The van der Waals surface area contributed by atoms with Crippen molar-refractivity contribution in [2.24, 2.45) is 17.8 Å². The van der Waals surface area contributed by atoms with Crippen LogP contribution in [-0.4, -0.2) is 61.5 Å². The Morgan fingerprint density at radius 2 is 1.52 bits per heavy atom. The number of carbonyl (C=O) groups is 2. The first kappa shape index (κ1) is 22.0. The van der Waals surface area contributed by atoms with Gasteiger partial charge in [0.15, 0.2) is 0 Å². The lowest BCUT2D eigenvalue weighted by atomic mass is 9.72. The van der Waals surface area contributed by atoms with Gasteiger partial charge >= 0.3 is 0 Å². The topological polar surface area (TPSA) is 59.1 Å². The highest BCUT2D eigenvalue weighted by molar-refractivity contribution is 5.95. The number of carbonyl (C=O) groups excluding carboxylic acids is 2. The molecule has 0 radical (unpaired) electrons. The quantitative estimate of drug-likeness (QED) is 0.728. The normalized spacial score (nSPS) is 26.9. The highest BCUT2D eigenvalue weighted by atomic mass is 16.5. The Kier molecular flexibility index (Phi) is 6.73. The summed E-state index contributed by atoms with van der Waals surface area (Å²) < 4.78 is 10.6. The van der Waals surface area contributed by atoms with Gasteiger partial charge in [-0.2, -0.15) is 0 Å². The fraction of sp³-hybridized carbons (Fsp3) is 0.680. The van der Waals surface area contributed by atoms with Crippen molar-refractivity contribution in [3.8, 4) is 11.5 Å². The van der Waals surface area contributed by atoms with E-state index in [0.29, 0.717) is 48.0 Å². The lowest BCUT2D eigenvalue weighted by Gasteiger charge is -2.48. The zero-order valence-electron chi connectivity index (χ0n) is 19.1. The highest BCUT2D eigenvalue weighted by Gasteiger charge is 2.41. The predicted octanol–water partition coefficient (Wildman–Crippen LogP) is 3.98. The van der Waals surface area contributed by atoms with E-state index >= 15 is 0 Å². The molecule has 0 spiro atoms. The third-order valence-electron chi connectivity index (χ3n) is 7.75. The third kappa shape index (κ3) is 4.53. The van der Waals surface area contributed by atoms with Crippen LogP contribution in [0.3, 0.4) is 0 Å². The van der Waals surface area contributed by atoms with Gasteiger partial charge in [0, 0.05) is 43.2 Å². The fourth-order valence-corrected chi connectivity index (χ4v) is 5.86. The Balaban J connectivity index is 1.38. The molecule has 1 saturated carbocycles. The average molecular weight is 429 g/mol. The molecule has 4 rings (SSSR count). The minimum Gasteiger partial charge on any atom is -0.497 e. The SMILES string of the molecule is COc1cc(OC)cc(C(=O)N2CCC(C(=O)N3CC[C@H](C)[C@@H]4CCCC[C@H]43)CC2)c1. The lowest BCUT2D eigenvalue weighted by molar-refractivity contribution is -0.144. The fourth-order valence-electron chi connectivity index (χ4n) is 5.86. The summed E-state index contributed by atoms with van der Waals surface area (Å²) >= 11 is 0. The zero-order valence-corrected chi connectivity index (χ0v) is 19.1. The molecule has 1 aromatic rings. The number of benzene rings is 1. The standard InChI is InChI=1S/C25H36N2O4/c1-17-8-13-27(23-7-5-4-6-22(17)23)25(29)18-9-11-26(12-10-18)24(28)19-14-20(30-2)16-21(15-19)31-3/h14-18,22-23H,4-13H2,1-3H3/t17-,22-,23+/m0/s1. The van der Waals surface area contributed by atoms with E-state index in [1.54, 1.807) is 32.4 Å². The van der Waals surface area contributed by atoms with Crippen molar-refractivity contribution in [3.63, 3.8) is 0 Å². The van der Waals surface area contributed by atoms with Crippen LogP contribution in [0.2, 0.25) is 0 Å². The maximum atomic E-state index is 13.4. The number of methoxy groups -OCH3 is 2. The molecule has 2 amide bonds. The molecule has 0 aromatic heterocycles. The zero-order chi connectivity index (χ0) is 22.0. The van der Waals surface area contributed by atoms with Crippen LogP contribution < -0.4 is 9.47 Å². The summed E-state index contributed by atoms with van der Waals surface area (Å²) in [6.07, 6.45) is 7.60. The molecular weight excluding hydrogens is 392 g/mol. The van der Waals surface area contributed by atoms with E-state index in [-0.39, 0.29) is 11.8 Å². The van der Waals surface area contributed by atoms with E-state index in [1.807, 2.05) is 4.90 Å². The Bertz CT molecular complexity index is 780. The molecule has 6 heteroatoms. The van der Waals surface area contributed by atoms with Gasteiger partial charge in [-0.3, -0.25) is 9.59 Å². The van der Waals surface area contributed by atoms with Crippen molar-refractivity contribution in [3.05, 3.63) is 23.8 Å². The maximum Gasteiger partial charge on any atom is 0.254 e. The molecule has 3 aliphatic rings. The van der Waals surface area contributed by atoms with Crippen LogP contribution in [0.5, 0.6) is 11.5 Å². The molecule has 170 valence electrons. The second-order valence-electron chi connectivity index (χ2n) is 9.48. The number of nitrogens with zero attached hydrogens (tertiary/aromatic N) is 2. The molecule has 2 aliphatic heterocycles. The number of rotatable bonds is 4. The van der Waals surface area contributed by atoms with Gasteiger partial charge in [0.25, 0.3) is 5.91 Å². The Morgan fingerprint density at radius 3 is 2.16 bits per heavy atom. The second-order valence-corrected chi connectivity index (χ2v) is 9.48. The average Bonchev–Trinajstić information content (AvgIpc) is 2.83. The van der Waals surface area contributed by atoms with E-state index in [4.69, 9.17) is 9.47 Å². The molecule has 1 aliphatic carbocycles. The molecule has 3 fully saturated rings. The van der Waals surface area contributed by atoms with Gasteiger partial charge in [-0.1, -0.05) is 19.8 Å². The van der Waals surface area contributed by atoms with E-state index in [9.17, 15) is 9.59 Å². The molecule has 0 unspecified atom stereocenters. The smallest absolute Gasteiger partial charge is 0.254 e. The second kappa shape index (κ2) is 9.49. The predicted molar refractivity (Wildman–Crippen MR) is 119 cm³/mol. The third-order valence-corrected chi connectivity index (χ3v) is 7.75. The molecule has 31 heavy (non-hydrogen) atoms. The summed E-state index contributed by atoms with van der Waals surface area (Å²) in [6.45, 7) is 4.51. The summed E-state index contributed by atoms with van der Waals surface area (Å²) in [4.78, 5) is 30.6. The van der Waals surface area contributed by atoms with Crippen LogP contribution in [0.1, 0.15) is 62.2 Å². The Morgan fingerprint density at radius 1 is 0.871 bits per heavy atom. The van der Waals surface area contributed by atoms with Gasteiger partial charge in [-0.25, -0.2) is 0 Å². The number of likely N-dealkylation sites (tertiary alicyclic amines) is 2. The van der Waals surface area contributed by atoms with Gasteiger partial charge in [-0.05, 0) is 56.1 Å². The number of ether oxygens (including phenoxy) is 2. The molecule has 0 bridgehead atoms. The number of fused-ring (bicyclic) bond motifs is 1. The van der Waals surface area contributed by atoms with Crippen molar-refractivity contribution in [2.75, 3.05) is 33.9 Å². The molecule has 3 atom stereocenters. The maximum absolute atomic E-state index is 13.4. The molecule has 2 saturated heterocycles. The number of hydrogen-bond donors (Lipinski definition) is 0. The van der Waals surface area contributed by atoms with Gasteiger partial charge in [0.05, 0.1) is 14.2 Å². The van der Waals surface area contributed by atoms with Gasteiger partial charge in [-0.15, -0.1) is 0 Å². The van der Waals surface area contributed by atoms with E-state index in [0.717, 1.165) is 38.1 Å². The number of amides is 2. The molecule has 1 aromatic carbocycles. The first-order valence-corrected chi connectivity index (χ1v) is 11.8. The summed E-state index contributed by atoms with van der Waals surface area (Å²) in [5, 5.41) is 0. The van der Waals surface area contributed by atoms with Crippen LogP contribution in [0, 0.1) is 17.8 Å². The lowest BCUT2D eigenvalue weighted by Crippen LogP contribution is -2.55. The monoisotopic (exact) mass is 428 g/mol. The summed E-state index contributed by atoms with van der Waals surface area (Å²) in [7, 11) is 3.16. The minimum atomic E-state index is -0.0257. The summed E-state index contributed by atoms with van der Waals surface area (Å²) in [5.41, 5.74) is 0.566. The summed E-state index contributed by atoms with van der Waals surface area (Å²) in [5.74, 6) is 2.97. The van der Waals surface area contributed by atoms with E-state index < -0.39 is 0 Å². The largest absolute Gasteiger partial charge is 0.497 e. The molecule has 0 N–H and O–H groups in total. The van der Waals surface area contributed by atoms with Crippen LogP contribution in [0.15, 0.2) is 18.2 Å². The molecule has 6 nitrogen and oxygen atoms in total. The molecule has 2 heterocycles. The van der Waals surface area contributed by atoms with Crippen molar-refractivity contribution in [1.82, 2.24) is 9.80 Å². The highest BCUT2D eigenvalue weighted by Crippen LogP contribution is 2.40. The van der Waals surface area contributed by atoms with Crippen LogP contribution in [0.25, 0.3) is 0 Å². The van der Waals surface area contributed by atoms with E-state index in [1.165, 1.54) is 19.3 Å². The van der Waals surface area contributed by atoms with Gasteiger partial charge in [0.1, 0.15) is 11.5 Å². The van der Waals surface area contributed by atoms with Gasteiger partial charge < -0.3 is 19.3 Å². The van der Waals surface area contributed by atoms with Crippen molar-refractivity contribution in [1.29, 1.82) is 0 Å². The number of piperidine rings is 2. The van der Waals surface area contributed by atoms with Gasteiger partial charge in [0.2, 0.25) is 5.91 Å². The first-order chi connectivity index (χ1) is 15.0. The van der Waals surface area contributed by atoms with Crippen molar-refractivity contribution in [2.45, 2.75) is 57.9 Å². The molecular formula is C25H36N2O4. The van der Waals surface area contributed by atoms with E-state index in [2.05, 4.69) is 11.8 Å². The van der Waals surface area contributed by atoms with Crippen LogP contribution in [-0.2, 0) is 4.79 Å². The van der Waals surface area contributed by atoms with Crippen molar-refractivity contribution < 1.29 is 19.1 Å².